The zero-order valence-electron chi connectivity index (χ0n) is 15.5. The summed E-state index contributed by atoms with van der Waals surface area (Å²) < 4.78 is 5.86. The standard InChI is InChI=1S/C23H22N2O3/c26-22(27)19-12-11-16(13-19)15-28-23-24-14-20(17-7-3-1-4-8-17)21(25-23)18-9-5-2-6-10-18/h1-10,14,16,19H,11-13,15H2,(H,26,27)/t16-,19+/m1/s1. The molecule has 1 N–H and O–H groups in total. The van der Waals surface area contributed by atoms with Crippen molar-refractivity contribution in [1.29, 1.82) is 0 Å². The number of aliphatic carboxylic acids is 1. The maximum Gasteiger partial charge on any atom is 0.316 e. The Hall–Kier alpha value is -3.21. The van der Waals surface area contributed by atoms with Gasteiger partial charge in [-0.3, -0.25) is 4.79 Å². The van der Waals surface area contributed by atoms with Gasteiger partial charge in [0.05, 0.1) is 18.2 Å². The van der Waals surface area contributed by atoms with Gasteiger partial charge in [0, 0.05) is 17.3 Å². The molecule has 28 heavy (non-hydrogen) atoms. The van der Waals surface area contributed by atoms with Gasteiger partial charge in [-0.05, 0) is 30.7 Å². The first-order chi connectivity index (χ1) is 13.7. The Bertz CT molecular complexity index is 945. The highest BCUT2D eigenvalue weighted by Gasteiger charge is 2.30. The van der Waals surface area contributed by atoms with Gasteiger partial charge in [-0.15, -0.1) is 0 Å². The largest absolute Gasteiger partial charge is 0.481 e. The second-order valence-electron chi connectivity index (χ2n) is 7.17. The highest BCUT2D eigenvalue weighted by molar-refractivity contribution is 5.80. The predicted octanol–water partition coefficient (Wildman–Crippen LogP) is 4.69. The molecule has 3 aromatic rings. The van der Waals surface area contributed by atoms with Gasteiger partial charge < -0.3 is 9.84 Å². The van der Waals surface area contributed by atoms with Crippen molar-refractivity contribution in [2.24, 2.45) is 11.8 Å². The van der Waals surface area contributed by atoms with E-state index in [1.807, 2.05) is 60.7 Å². The third-order valence-corrected chi connectivity index (χ3v) is 5.24. The fourth-order valence-electron chi connectivity index (χ4n) is 3.72. The molecule has 142 valence electrons. The predicted molar refractivity (Wildman–Crippen MR) is 107 cm³/mol. The van der Waals surface area contributed by atoms with Gasteiger partial charge in [0.1, 0.15) is 0 Å². The molecule has 1 aliphatic rings. The number of benzene rings is 2. The molecule has 5 heteroatoms. The Kier molecular flexibility index (Phi) is 5.33. The van der Waals surface area contributed by atoms with Crippen LogP contribution in [0.2, 0.25) is 0 Å². The summed E-state index contributed by atoms with van der Waals surface area (Å²) in [5.41, 5.74) is 3.82. The monoisotopic (exact) mass is 374 g/mol. The van der Waals surface area contributed by atoms with Crippen molar-refractivity contribution in [1.82, 2.24) is 9.97 Å². The Balaban J connectivity index is 1.57. The lowest BCUT2D eigenvalue weighted by Gasteiger charge is -2.13. The van der Waals surface area contributed by atoms with Crippen molar-refractivity contribution in [3.63, 3.8) is 0 Å². The van der Waals surface area contributed by atoms with Crippen LogP contribution in [0.25, 0.3) is 22.4 Å². The van der Waals surface area contributed by atoms with E-state index in [1.54, 1.807) is 6.20 Å². The third-order valence-electron chi connectivity index (χ3n) is 5.24. The van der Waals surface area contributed by atoms with E-state index in [9.17, 15) is 4.79 Å². The molecular formula is C23H22N2O3. The molecule has 0 bridgehead atoms. The van der Waals surface area contributed by atoms with Crippen LogP contribution < -0.4 is 4.74 Å². The second-order valence-corrected chi connectivity index (χ2v) is 7.17. The van der Waals surface area contributed by atoms with E-state index >= 15 is 0 Å². The van der Waals surface area contributed by atoms with Crippen LogP contribution in [-0.2, 0) is 4.79 Å². The number of rotatable bonds is 6. The Morgan fingerprint density at radius 1 is 1.00 bits per heavy atom. The van der Waals surface area contributed by atoms with Crippen molar-refractivity contribution in [3.8, 4) is 28.4 Å². The van der Waals surface area contributed by atoms with E-state index in [2.05, 4.69) is 9.97 Å². The van der Waals surface area contributed by atoms with E-state index in [0.29, 0.717) is 25.5 Å². The Labute approximate surface area is 164 Å². The van der Waals surface area contributed by atoms with E-state index in [-0.39, 0.29) is 11.8 Å². The minimum absolute atomic E-state index is 0.235. The lowest BCUT2D eigenvalue weighted by Crippen LogP contribution is -2.14. The van der Waals surface area contributed by atoms with Gasteiger partial charge in [0.15, 0.2) is 0 Å². The van der Waals surface area contributed by atoms with Crippen LogP contribution in [0.3, 0.4) is 0 Å². The zero-order chi connectivity index (χ0) is 19.3. The first-order valence-electron chi connectivity index (χ1n) is 9.54. The summed E-state index contributed by atoms with van der Waals surface area (Å²) in [5.74, 6) is -0.731. The maximum absolute atomic E-state index is 11.1. The average molecular weight is 374 g/mol. The van der Waals surface area contributed by atoms with E-state index in [4.69, 9.17) is 9.84 Å². The summed E-state index contributed by atoms with van der Waals surface area (Å²) in [5, 5.41) is 9.15. The van der Waals surface area contributed by atoms with Crippen LogP contribution in [0.15, 0.2) is 66.9 Å². The van der Waals surface area contributed by atoms with E-state index in [0.717, 1.165) is 28.8 Å². The molecule has 5 nitrogen and oxygen atoms in total. The second kappa shape index (κ2) is 8.21. The maximum atomic E-state index is 11.1. The lowest BCUT2D eigenvalue weighted by molar-refractivity contribution is -0.141. The number of nitrogens with zero attached hydrogens (tertiary/aromatic N) is 2. The normalized spacial score (nSPS) is 18.7. The van der Waals surface area contributed by atoms with Crippen molar-refractivity contribution in [2.45, 2.75) is 19.3 Å². The van der Waals surface area contributed by atoms with Gasteiger partial charge >= 0.3 is 12.0 Å². The fraction of sp³-hybridized carbons (Fsp3) is 0.261. The molecule has 1 fully saturated rings. The topological polar surface area (TPSA) is 72.3 Å². The summed E-state index contributed by atoms with van der Waals surface area (Å²) in [7, 11) is 0. The SMILES string of the molecule is O=C(O)[C@H]1CC[C@@H](COc2ncc(-c3ccccc3)c(-c3ccccc3)n2)C1. The molecule has 4 rings (SSSR count). The van der Waals surface area contributed by atoms with E-state index < -0.39 is 5.97 Å². The first-order valence-corrected chi connectivity index (χ1v) is 9.54. The van der Waals surface area contributed by atoms with Crippen LogP contribution in [-0.4, -0.2) is 27.7 Å². The zero-order valence-corrected chi connectivity index (χ0v) is 15.5. The molecule has 0 radical (unpaired) electrons. The number of carbonyl (C=O) groups is 1. The summed E-state index contributed by atoms with van der Waals surface area (Å²) in [6, 6.07) is 20.4. The molecule has 0 aliphatic heterocycles. The quantitative estimate of drug-likeness (QED) is 0.678. The molecule has 1 heterocycles. The molecule has 2 atom stereocenters. The van der Waals surface area contributed by atoms with Crippen LogP contribution >= 0.6 is 0 Å². The summed E-state index contributed by atoms with van der Waals surface area (Å²) in [4.78, 5) is 20.2. The minimum atomic E-state index is -0.711. The van der Waals surface area contributed by atoms with E-state index in [1.165, 1.54) is 0 Å². The molecular weight excluding hydrogens is 352 g/mol. The summed E-state index contributed by atoms with van der Waals surface area (Å²) >= 11 is 0. The van der Waals surface area contributed by atoms with Crippen molar-refractivity contribution in [3.05, 3.63) is 66.9 Å². The molecule has 2 aromatic carbocycles. The smallest absolute Gasteiger partial charge is 0.316 e. The van der Waals surface area contributed by atoms with Gasteiger partial charge in [-0.2, -0.15) is 4.98 Å². The number of aromatic nitrogens is 2. The van der Waals surface area contributed by atoms with Gasteiger partial charge in [-0.25, -0.2) is 4.98 Å². The summed E-state index contributed by atoms with van der Waals surface area (Å²) in [6.07, 6.45) is 4.04. The Morgan fingerprint density at radius 2 is 1.68 bits per heavy atom. The third kappa shape index (κ3) is 4.03. The number of ether oxygens (including phenoxy) is 1. The average Bonchev–Trinajstić information content (AvgIpc) is 3.23. The summed E-state index contributed by atoms with van der Waals surface area (Å²) in [6.45, 7) is 0.447. The molecule has 0 amide bonds. The molecule has 1 aliphatic carbocycles. The van der Waals surface area contributed by atoms with Gasteiger partial charge in [0.2, 0.25) is 0 Å². The first kappa shape index (κ1) is 18.2. The highest BCUT2D eigenvalue weighted by atomic mass is 16.5. The molecule has 0 saturated heterocycles. The van der Waals surface area contributed by atoms with Crippen molar-refractivity contribution >= 4 is 5.97 Å². The fourth-order valence-corrected chi connectivity index (χ4v) is 3.72. The number of hydrogen-bond donors (Lipinski definition) is 1. The van der Waals surface area contributed by atoms with Crippen LogP contribution in [0.5, 0.6) is 6.01 Å². The highest BCUT2D eigenvalue weighted by Crippen LogP contribution is 2.33. The number of carboxylic acid groups (broad SMARTS) is 1. The van der Waals surface area contributed by atoms with Crippen LogP contribution in [0, 0.1) is 11.8 Å². The molecule has 0 unspecified atom stereocenters. The lowest BCUT2D eigenvalue weighted by atomic mass is 10.0. The van der Waals surface area contributed by atoms with Gasteiger partial charge in [-0.1, -0.05) is 60.7 Å². The van der Waals surface area contributed by atoms with Crippen molar-refractivity contribution in [2.75, 3.05) is 6.61 Å². The minimum Gasteiger partial charge on any atom is -0.481 e. The number of hydrogen-bond acceptors (Lipinski definition) is 4. The molecule has 0 spiro atoms. The van der Waals surface area contributed by atoms with Crippen LogP contribution in [0.1, 0.15) is 19.3 Å². The Morgan fingerprint density at radius 3 is 2.32 bits per heavy atom. The van der Waals surface area contributed by atoms with Gasteiger partial charge in [0.25, 0.3) is 0 Å². The number of carboxylic acids is 1. The van der Waals surface area contributed by atoms with Crippen LogP contribution in [0.4, 0.5) is 0 Å². The molecule has 1 aromatic heterocycles. The molecule has 1 saturated carbocycles. The van der Waals surface area contributed by atoms with Crippen molar-refractivity contribution < 1.29 is 14.6 Å².